The lowest BCUT2D eigenvalue weighted by Crippen LogP contribution is -2.38. The van der Waals surface area contributed by atoms with Crippen molar-refractivity contribution in [3.05, 3.63) is 17.7 Å². The number of aromatic nitrogens is 2. The first-order valence-electron chi connectivity index (χ1n) is 6.12. The van der Waals surface area contributed by atoms with E-state index in [9.17, 15) is 4.79 Å². The minimum absolute atomic E-state index is 0.592. The fourth-order valence-electron chi connectivity index (χ4n) is 2.98. The Morgan fingerprint density at radius 1 is 1.31 bits per heavy atom. The third-order valence-electron chi connectivity index (χ3n) is 3.86. The van der Waals surface area contributed by atoms with Gasteiger partial charge in [-0.2, -0.15) is 0 Å². The van der Waals surface area contributed by atoms with Gasteiger partial charge in [0.1, 0.15) is 0 Å². The molecule has 0 saturated carbocycles. The minimum Gasteiger partial charge on any atom is -0.326 e. The number of likely N-dealkylation sites (tertiary alicyclic amines) is 1. The van der Waals surface area contributed by atoms with Crippen LogP contribution in [0.15, 0.2) is 6.20 Å². The largest absolute Gasteiger partial charge is 0.326 e. The average Bonchev–Trinajstić information content (AvgIpc) is 2.97. The summed E-state index contributed by atoms with van der Waals surface area (Å²) in [5, 5.41) is 0. The number of carbonyl (C=O) groups excluding carboxylic acids is 1. The third-order valence-corrected chi connectivity index (χ3v) is 3.86. The Morgan fingerprint density at radius 2 is 2.12 bits per heavy atom. The highest BCUT2D eigenvalue weighted by Crippen LogP contribution is 2.23. The molecule has 0 radical (unpaired) electrons. The summed E-state index contributed by atoms with van der Waals surface area (Å²) in [4.78, 5) is 17.5. The van der Waals surface area contributed by atoms with Crippen molar-refractivity contribution in [1.82, 2.24) is 14.5 Å². The summed E-state index contributed by atoms with van der Waals surface area (Å²) in [6.45, 7) is 3.45. The van der Waals surface area contributed by atoms with E-state index >= 15 is 0 Å². The lowest BCUT2D eigenvalue weighted by Gasteiger charge is -2.31. The number of hydrogen-bond donors (Lipinski definition) is 0. The maximum atomic E-state index is 10.8. The predicted molar refractivity (Wildman–Crippen MR) is 60.5 cm³/mol. The summed E-state index contributed by atoms with van der Waals surface area (Å²) < 4.78 is 2.07. The van der Waals surface area contributed by atoms with Gasteiger partial charge in [0.05, 0.1) is 0 Å². The van der Waals surface area contributed by atoms with Crippen LogP contribution in [0.2, 0.25) is 0 Å². The van der Waals surface area contributed by atoms with Crippen molar-refractivity contribution in [2.45, 2.75) is 38.3 Å². The summed E-state index contributed by atoms with van der Waals surface area (Å²) in [6, 6.07) is 0.672. The van der Waals surface area contributed by atoms with Crippen LogP contribution in [0, 0.1) is 0 Å². The van der Waals surface area contributed by atoms with Gasteiger partial charge in [0, 0.05) is 30.9 Å². The summed E-state index contributed by atoms with van der Waals surface area (Å²) in [7, 11) is 0. The van der Waals surface area contributed by atoms with E-state index in [2.05, 4.69) is 14.5 Å². The van der Waals surface area contributed by atoms with Gasteiger partial charge in [-0.15, -0.1) is 0 Å². The van der Waals surface area contributed by atoms with Crippen LogP contribution in [0.5, 0.6) is 0 Å². The van der Waals surface area contributed by atoms with Gasteiger partial charge in [-0.05, 0) is 32.4 Å². The Morgan fingerprint density at radius 3 is 2.88 bits per heavy atom. The van der Waals surface area contributed by atoms with Crippen LogP contribution < -0.4 is 0 Å². The van der Waals surface area contributed by atoms with Crippen LogP contribution in [-0.4, -0.2) is 39.9 Å². The summed E-state index contributed by atoms with van der Waals surface area (Å²) in [5.74, 6) is 0.592. The van der Waals surface area contributed by atoms with Gasteiger partial charge in [0.25, 0.3) is 0 Å². The van der Waals surface area contributed by atoms with E-state index in [1.54, 1.807) is 0 Å². The molecule has 1 atom stereocenters. The number of hydrogen-bond acceptors (Lipinski definition) is 3. The molecule has 1 aromatic rings. The zero-order valence-electron chi connectivity index (χ0n) is 9.43. The normalized spacial score (nSPS) is 25.6. The van der Waals surface area contributed by atoms with Crippen molar-refractivity contribution in [2.24, 2.45) is 0 Å². The SMILES string of the molecule is O=Cc1ncc2n1CCC(N1CCCC1)C2. The van der Waals surface area contributed by atoms with Gasteiger partial charge in [-0.25, -0.2) is 4.98 Å². The lowest BCUT2D eigenvalue weighted by atomic mass is 10.0. The molecule has 0 aliphatic carbocycles. The molecule has 0 N–H and O–H groups in total. The van der Waals surface area contributed by atoms with E-state index < -0.39 is 0 Å². The molecule has 2 aliphatic rings. The summed E-state index contributed by atoms with van der Waals surface area (Å²) in [5.41, 5.74) is 1.23. The van der Waals surface area contributed by atoms with Crippen molar-refractivity contribution in [1.29, 1.82) is 0 Å². The Kier molecular flexibility index (Phi) is 2.52. The molecule has 1 saturated heterocycles. The van der Waals surface area contributed by atoms with Gasteiger partial charge in [0.2, 0.25) is 0 Å². The first-order valence-corrected chi connectivity index (χ1v) is 6.12. The molecule has 86 valence electrons. The van der Waals surface area contributed by atoms with Crippen LogP contribution in [0.1, 0.15) is 35.6 Å². The maximum absolute atomic E-state index is 10.8. The zero-order valence-corrected chi connectivity index (χ0v) is 9.43. The van der Waals surface area contributed by atoms with Crippen LogP contribution >= 0.6 is 0 Å². The van der Waals surface area contributed by atoms with E-state index in [4.69, 9.17) is 0 Å². The van der Waals surface area contributed by atoms with Crippen LogP contribution in [0.4, 0.5) is 0 Å². The topological polar surface area (TPSA) is 38.1 Å². The highest BCUT2D eigenvalue weighted by molar-refractivity contribution is 5.69. The average molecular weight is 219 g/mol. The van der Waals surface area contributed by atoms with Crippen molar-refractivity contribution in [3.63, 3.8) is 0 Å². The number of nitrogens with zero attached hydrogens (tertiary/aromatic N) is 3. The van der Waals surface area contributed by atoms with Crippen molar-refractivity contribution >= 4 is 6.29 Å². The standard InChI is InChI=1S/C12H17N3O/c16-9-12-13-8-11-7-10(3-6-15(11)12)14-4-1-2-5-14/h8-10H,1-7H2. The number of carbonyl (C=O) groups is 1. The van der Waals surface area contributed by atoms with Crippen LogP contribution in [-0.2, 0) is 13.0 Å². The van der Waals surface area contributed by atoms with Gasteiger partial charge in [-0.1, -0.05) is 0 Å². The first-order chi connectivity index (χ1) is 7.88. The Bertz CT molecular complexity index is 393. The number of fused-ring (bicyclic) bond motifs is 1. The van der Waals surface area contributed by atoms with Crippen molar-refractivity contribution in [3.8, 4) is 0 Å². The molecule has 1 unspecified atom stereocenters. The second kappa shape index (κ2) is 4.01. The molecule has 0 aromatic carbocycles. The molecule has 3 rings (SSSR count). The fourth-order valence-corrected chi connectivity index (χ4v) is 2.98. The number of rotatable bonds is 2. The highest BCUT2D eigenvalue weighted by Gasteiger charge is 2.27. The quantitative estimate of drug-likeness (QED) is 0.699. The first kappa shape index (κ1) is 10.0. The molecule has 3 heterocycles. The highest BCUT2D eigenvalue weighted by atomic mass is 16.1. The van der Waals surface area contributed by atoms with Crippen LogP contribution in [0.3, 0.4) is 0 Å². The monoisotopic (exact) mass is 219 g/mol. The molecule has 1 fully saturated rings. The summed E-state index contributed by atoms with van der Waals surface area (Å²) in [6.07, 6.45) is 7.63. The van der Waals surface area contributed by atoms with Gasteiger partial charge < -0.3 is 4.57 Å². The Balaban J connectivity index is 1.78. The Hall–Kier alpha value is -1.16. The third kappa shape index (κ3) is 1.57. The summed E-state index contributed by atoms with van der Waals surface area (Å²) >= 11 is 0. The maximum Gasteiger partial charge on any atom is 0.185 e. The predicted octanol–water partition coefficient (Wildman–Crippen LogP) is 1.11. The number of aldehydes is 1. The van der Waals surface area contributed by atoms with Gasteiger partial charge >= 0.3 is 0 Å². The molecule has 2 aliphatic heterocycles. The van der Waals surface area contributed by atoms with Crippen molar-refractivity contribution < 1.29 is 4.79 Å². The molecule has 4 nitrogen and oxygen atoms in total. The van der Waals surface area contributed by atoms with Crippen molar-refractivity contribution in [2.75, 3.05) is 13.1 Å². The van der Waals surface area contributed by atoms with E-state index in [0.29, 0.717) is 11.9 Å². The zero-order chi connectivity index (χ0) is 11.0. The smallest absolute Gasteiger partial charge is 0.185 e. The van der Waals surface area contributed by atoms with E-state index in [1.807, 2.05) is 6.20 Å². The molecule has 16 heavy (non-hydrogen) atoms. The molecule has 0 bridgehead atoms. The van der Waals surface area contributed by atoms with E-state index in [1.165, 1.54) is 31.6 Å². The van der Waals surface area contributed by atoms with E-state index in [-0.39, 0.29) is 0 Å². The van der Waals surface area contributed by atoms with Crippen LogP contribution in [0.25, 0.3) is 0 Å². The second-order valence-corrected chi connectivity index (χ2v) is 4.77. The molecule has 4 heteroatoms. The molecule has 1 aromatic heterocycles. The molecular formula is C12H17N3O. The lowest BCUT2D eigenvalue weighted by molar-refractivity contribution is 0.110. The minimum atomic E-state index is 0.592. The molecule has 0 spiro atoms. The number of imidazole rings is 1. The fraction of sp³-hybridized carbons (Fsp3) is 0.667. The van der Waals surface area contributed by atoms with Gasteiger partial charge in [-0.3, -0.25) is 9.69 Å². The molecular weight excluding hydrogens is 202 g/mol. The molecule has 0 amide bonds. The van der Waals surface area contributed by atoms with E-state index in [0.717, 1.165) is 25.7 Å². The second-order valence-electron chi connectivity index (χ2n) is 4.77. The Labute approximate surface area is 95.3 Å². The van der Waals surface area contributed by atoms with Gasteiger partial charge in [0.15, 0.2) is 12.1 Å².